The predicted molar refractivity (Wildman–Crippen MR) is 119 cm³/mol. The summed E-state index contributed by atoms with van der Waals surface area (Å²) < 4.78 is 7.90. The molecule has 1 aliphatic heterocycles. The number of hydrogen-bond acceptors (Lipinski definition) is 8. The van der Waals surface area contributed by atoms with Crippen LogP contribution in [0, 0.1) is 0 Å². The Hall–Kier alpha value is -2.23. The Balaban J connectivity index is 1.68. The summed E-state index contributed by atoms with van der Waals surface area (Å²) in [5.41, 5.74) is 7.70. The number of aromatic nitrogens is 4. The van der Waals surface area contributed by atoms with E-state index < -0.39 is 5.60 Å². The maximum Gasteiger partial charge on any atom is 0.223 e. The first-order chi connectivity index (χ1) is 14.3. The van der Waals surface area contributed by atoms with Crippen LogP contribution in [-0.2, 0) is 0 Å². The molecule has 3 aromatic heterocycles. The van der Waals surface area contributed by atoms with Crippen LogP contribution in [0.2, 0.25) is 0 Å². The lowest BCUT2D eigenvalue weighted by Gasteiger charge is -2.37. The van der Waals surface area contributed by atoms with Gasteiger partial charge in [0.05, 0.1) is 29.2 Å². The van der Waals surface area contributed by atoms with Crippen molar-refractivity contribution >= 4 is 21.4 Å². The number of anilines is 1. The Morgan fingerprint density at radius 3 is 2.60 bits per heavy atom. The minimum absolute atomic E-state index is 0.0164. The normalized spacial score (nSPS) is 16.7. The molecule has 3 aromatic rings. The molecule has 30 heavy (non-hydrogen) atoms. The largest absolute Gasteiger partial charge is 0.474 e. The minimum atomic E-state index is -0.758. The number of pyridine rings is 1. The Bertz CT molecular complexity index is 1020. The second-order valence-electron chi connectivity index (χ2n) is 8.55. The van der Waals surface area contributed by atoms with Crippen molar-refractivity contribution in [1.82, 2.24) is 19.6 Å². The minimum Gasteiger partial charge on any atom is -0.474 e. The highest BCUT2D eigenvalue weighted by Crippen LogP contribution is 2.35. The fourth-order valence-electron chi connectivity index (χ4n) is 3.60. The zero-order valence-corrected chi connectivity index (χ0v) is 18.8. The van der Waals surface area contributed by atoms with Crippen molar-refractivity contribution in [2.24, 2.45) is 5.73 Å². The van der Waals surface area contributed by atoms with E-state index in [0.717, 1.165) is 40.1 Å². The van der Waals surface area contributed by atoms with E-state index in [2.05, 4.69) is 23.7 Å². The summed E-state index contributed by atoms with van der Waals surface area (Å²) in [4.78, 5) is 12.3. The lowest BCUT2D eigenvalue weighted by Crippen LogP contribution is -2.48. The van der Waals surface area contributed by atoms with E-state index in [1.165, 1.54) is 0 Å². The molecule has 0 bridgehead atoms. The summed E-state index contributed by atoms with van der Waals surface area (Å²) in [5.74, 6) is 0.926. The van der Waals surface area contributed by atoms with E-state index in [-0.39, 0.29) is 6.10 Å². The van der Waals surface area contributed by atoms with Crippen molar-refractivity contribution in [3.63, 3.8) is 0 Å². The molecular formula is C21H30N6O2S. The number of piperidine rings is 1. The van der Waals surface area contributed by atoms with Gasteiger partial charge in [0.1, 0.15) is 0 Å². The van der Waals surface area contributed by atoms with Crippen molar-refractivity contribution in [2.45, 2.75) is 58.2 Å². The van der Waals surface area contributed by atoms with Crippen LogP contribution in [-0.4, -0.2) is 56.0 Å². The van der Waals surface area contributed by atoms with Gasteiger partial charge in [-0.15, -0.1) is 5.10 Å². The molecule has 4 heterocycles. The highest BCUT2D eigenvalue weighted by atomic mass is 32.1. The number of ether oxygens (including phenoxy) is 1. The second-order valence-corrected chi connectivity index (χ2v) is 9.48. The molecule has 0 unspecified atom stereocenters. The zero-order chi connectivity index (χ0) is 21.5. The third-order valence-corrected chi connectivity index (χ3v) is 6.50. The summed E-state index contributed by atoms with van der Waals surface area (Å²) >= 11 is 1.55. The molecule has 0 atom stereocenters. The molecule has 0 aromatic carbocycles. The van der Waals surface area contributed by atoms with Crippen molar-refractivity contribution in [3.05, 3.63) is 24.0 Å². The van der Waals surface area contributed by atoms with Gasteiger partial charge in [-0.1, -0.05) is 25.2 Å². The number of aliphatic hydroxyl groups is 1. The SMILES string of the molecule is CC(C)Oc1nc(C(C)C)ccc1-c1cnc2sc(N3CCC(O)(CN)CC3)nn12. The van der Waals surface area contributed by atoms with Gasteiger partial charge in [-0.2, -0.15) is 0 Å². The summed E-state index contributed by atoms with van der Waals surface area (Å²) in [6, 6.07) is 4.09. The van der Waals surface area contributed by atoms with Crippen LogP contribution >= 0.6 is 11.3 Å². The van der Waals surface area contributed by atoms with E-state index in [4.69, 9.17) is 20.6 Å². The van der Waals surface area contributed by atoms with E-state index in [1.54, 1.807) is 11.3 Å². The molecule has 1 saturated heterocycles. The molecule has 1 aliphatic rings. The van der Waals surface area contributed by atoms with Gasteiger partial charge in [0.2, 0.25) is 16.0 Å². The van der Waals surface area contributed by atoms with Crippen molar-refractivity contribution < 1.29 is 9.84 Å². The van der Waals surface area contributed by atoms with E-state index in [1.807, 2.05) is 36.7 Å². The van der Waals surface area contributed by atoms with E-state index >= 15 is 0 Å². The number of fused-ring (bicyclic) bond motifs is 1. The second kappa shape index (κ2) is 8.13. The quantitative estimate of drug-likeness (QED) is 0.620. The van der Waals surface area contributed by atoms with Gasteiger partial charge >= 0.3 is 0 Å². The summed E-state index contributed by atoms with van der Waals surface area (Å²) in [5, 5.41) is 16.1. The standard InChI is InChI=1S/C21H30N6O2S/c1-13(2)16-6-5-15(18(24-16)29-14(3)4)17-11-23-19-27(17)25-20(30-19)26-9-7-21(28,12-22)8-10-26/h5-6,11,13-14,28H,7-10,12,22H2,1-4H3. The average molecular weight is 431 g/mol. The summed E-state index contributed by atoms with van der Waals surface area (Å²) in [7, 11) is 0. The van der Waals surface area contributed by atoms with Crippen LogP contribution in [0.15, 0.2) is 18.3 Å². The van der Waals surface area contributed by atoms with Crippen LogP contribution in [0.4, 0.5) is 5.13 Å². The van der Waals surface area contributed by atoms with Crippen molar-refractivity contribution in [2.75, 3.05) is 24.5 Å². The number of imidazole rings is 1. The number of rotatable bonds is 6. The lowest BCUT2D eigenvalue weighted by atomic mass is 9.92. The molecule has 0 spiro atoms. The van der Waals surface area contributed by atoms with Gasteiger partial charge in [-0.3, -0.25) is 0 Å². The molecule has 8 nitrogen and oxygen atoms in total. The molecule has 0 aliphatic carbocycles. The summed E-state index contributed by atoms with van der Waals surface area (Å²) in [6.07, 6.45) is 3.13. The van der Waals surface area contributed by atoms with Crippen molar-refractivity contribution in [1.29, 1.82) is 0 Å². The fourth-order valence-corrected chi connectivity index (χ4v) is 4.53. The molecule has 3 N–H and O–H groups in total. The van der Waals surface area contributed by atoms with Crippen molar-refractivity contribution in [3.8, 4) is 17.1 Å². The maximum atomic E-state index is 10.4. The molecule has 0 radical (unpaired) electrons. The van der Waals surface area contributed by atoms with Gasteiger partial charge in [0, 0.05) is 25.3 Å². The van der Waals surface area contributed by atoms with E-state index in [9.17, 15) is 5.11 Å². The molecular weight excluding hydrogens is 400 g/mol. The Kier molecular flexibility index (Phi) is 5.69. The van der Waals surface area contributed by atoms with E-state index in [0.29, 0.717) is 31.2 Å². The van der Waals surface area contributed by atoms with Crippen LogP contribution in [0.3, 0.4) is 0 Å². The monoisotopic (exact) mass is 430 g/mol. The third kappa shape index (κ3) is 4.01. The zero-order valence-electron chi connectivity index (χ0n) is 18.0. The maximum absolute atomic E-state index is 10.4. The predicted octanol–water partition coefficient (Wildman–Crippen LogP) is 3.05. The first-order valence-electron chi connectivity index (χ1n) is 10.5. The highest BCUT2D eigenvalue weighted by Gasteiger charge is 2.32. The van der Waals surface area contributed by atoms with Gasteiger partial charge in [0.15, 0.2) is 0 Å². The molecule has 4 rings (SSSR count). The van der Waals surface area contributed by atoms with Gasteiger partial charge in [-0.05, 0) is 44.7 Å². The highest BCUT2D eigenvalue weighted by molar-refractivity contribution is 7.20. The van der Waals surface area contributed by atoms with Gasteiger partial charge in [-0.25, -0.2) is 14.5 Å². The number of nitrogens with two attached hydrogens (primary N) is 1. The molecule has 0 amide bonds. The Morgan fingerprint density at radius 2 is 1.97 bits per heavy atom. The fraction of sp³-hybridized carbons (Fsp3) is 0.571. The molecule has 1 fully saturated rings. The Morgan fingerprint density at radius 1 is 1.23 bits per heavy atom. The lowest BCUT2D eigenvalue weighted by molar-refractivity contribution is 0.0249. The summed E-state index contributed by atoms with van der Waals surface area (Å²) in [6.45, 7) is 9.99. The van der Waals surface area contributed by atoms with Gasteiger partial charge < -0.3 is 20.5 Å². The van der Waals surface area contributed by atoms with Gasteiger partial charge in [0.25, 0.3) is 0 Å². The smallest absolute Gasteiger partial charge is 0.223 e. The number of hydrogen-bond donors (Lipinski definition) is 2. The number of nitrogens with zero attached hydrogens (tertiary/aromatic N) is 5. The Labute approximate surface area is 180 Å². The topological polar surface area (TPSA) is 102 Å². The average Bonchev–Trinajstić information content (AvgIpc) is 3.29. The first-order valence-corrected chi connectivity index (χ1v) is 11.3. The molecule has 162 valence electrons. The van der Waals surface area contributed by atoms with Crippen LogP contribution in [0.25, 0.3) is 16.2 Å². The van der Waals surface area contributed by atoms with Crippen LogP contribution in [0.5, 0.6) is 5.88 Å². The molecule has 0 saturated carbocycles. The van der Waals surface area contributed by atoms with Crippen LogP contribution < -0.4 is 15.4 Å². The third-order valence-electron chi connectivity index (χ3n) is 5.52. The first kappa shape index (κ1) is 21.0. The molecule has 9 heteroatoms. The van der Waals surface area contributed by atoms with Crippen LogP contribution in [0.1, 0.15) is 52.1 Å².